The summed E-state index contributed by atoms with van der Waals surface area (Å²) in [6, 6.07) is -1.13. The van der Waals surface area contributed by atoms with Gasteiger partial charge in [0, 0.05) is 13.1 Å². The number of aliphatic carboxylic acids is 1. The molecule has 1 heterocycles. The van der Waals surface area contributed by atoms with Gasteiger partial charge in [-0.1, -0.05) is 0 Å². The summed E-state index contributed by atoms with van der Waals surface area (Å²) in [6.07, 6.45) is -0.0744. The van der Waals surface area contributed by atoms with Gasteiger partial charge in [-0.3, -0.25) is 4.79 Å². The van der Waals surface area contributed by atoms with Crippen molar-refractivity contribution in [3.8, 4) is 0 Å². The first-order valence-electron chi connectivity index (χ1n) is 4.97. The minimum absolute atomic E-state index is 0.0744. The molecular weight excluding hydrogens is 236 g/mol. The second-order valence-corrected chi connectivity index (χ2v) is 5.65. The van der Waals surface area contributed by atoms with E-state index in [1.807, 2.05) is 0 Å². The lowest BCUT2D eigenvalue weighted by molar-refractivity contribution is -0.138. The highest BCUT2D eigenvalue weighted by Crippen LogP contribution is 2.07. The Kier molecular flexibility index (Phi) is 4.66. The fraction of sp³-hybridized carbons (Fsp3) is 0.875. The minimum Gasteiger partial charge on any atom is -0.480 e. The number of carboxylic acid groups (broad SMARTS) is 1. The summed E-state index contributed by atoms with van der Waals surface area (Å²) < 4.78 is 29.8. The third kappa shape index (κ3) is 3.71. The molecule has 0 aromatic rings. The van der Waals surface area contributed by atoms with E-state index in [0.29, 0.717) is 26.3 Å². The molecule has 0 saturated carbocycles. The van der Waals surface area contributed by atoms with Crippen molar-refractivity contribution in [1.82, 2.24) is 4.31 Å². The Hall–Kier alpha value is -0.700. The summed E-state index contributed by atoms with van der Waals surface area (Å²) in [5, 5.41) is 8.54. The molecule has 0 aliphatic carbocycles. The second-order valence-electron chi connectivity index (χ2n) is 3.56. The smallest absolute Gasteiger partial charge is 0.320 e. The van der Waals surface area contributed by atoms with Crippen molar-refractivity contribution in [3.63, 3.8) is 0 Å². The average Bonchev–Trinajstić information content (AvgIpc) is 2.27. The largest absolute Gasteiger partial charge is 0.480 e. The molecule has 16 heavy (non-hydrogen) atoms. The lowest BCUT2D eigenvalue weighted by atomic mass is 10.2. The van der Waals surface area contributed by atoms with Gasteiger partial charge in [-0.2, -0.15) is 4.31 Å². The monoisotopic (exact) mass is 252 g/mol. The van der Waals surface area contributed by atoms with Crippen LogP contribution in [-0.4, -0.2) is 61.9 Å². The number of carbonyl (C=O) groups is 1. The number of rotatable bonds is 5. The molecular formula is C8H16N2O5S. The molecule has 0 radical (unpaired) electrons. The lowest BCUT2D eigenvalue weighted by Crippen LogP contribution is -2.43. The van der Waals surface area contributed by atoms with Gasteiger partial charge >= 0.3 is 5.97 Å². The van der Waals surface area contributed by atoms with Gasteiger partial charge in [0.15, 0.2) is 0 Å². The molecule has 1 aliphatic rings. The number of morpholine rings is 1. The van der Waals surface area contributed by atoms with Crippen LogP contribution in [0.3, 0.4) is 0 Å². The van der Waals surface area contributed by atoms with Gasteiger partial charge in [0.2, 0.25) is 10.0 Å². The van der Waals surface area contributed by atoms with Crippen LogP contribution in [-0.2, 0) is 19.6 Å². The number of hydrogen-bond donors (Lipinski definition) is 2. The van der Waals surface area contributed by atoms with Gasteiger partial charge in [0.05, 0.1) is 19.0 Å². The zero-order chi connectivity index (χ0) is 12.2. The Bertz CT molecular complexity index is 336. The van der Waals surface area contributed by atoms with Crippen molar-refractivity contribution in [1.29, 1.82) is 0 Å². The van der Waals surface area contributed by atoms with E-state index in [4.69, 9.17) is 15.6 Å². The molecule has 0 aromatic carbocycles. The normalized spacial score (nSPS) is 20.6. The molecule has 0 aromatic heterocycles. The van der Waals surface area contributed by atoms with Crippen LogP contribution in [0.4, 0.5) is 0 Å². The molecule has 3 N–H and O–H groups in total. The van der Waals surface area contributed by atoms with Crippen LogP contribution in [0, 0.1) is 0 Å². The maximum atomic E-state index is 11.7. The van der Waals surface area contributed by atoms with Crippen LogP contribution in [0.25, 0.3) is 0 Å². The van der Waals surface area contributed by atoms with Crippen molar-refractivity contribution >= 4 is 16.0 Å². The van der Waals surface area contributed by atoms with Crippen molar-refractivity contribution in [2.75, 3.05) is 32.1 Å². The molecule has 1 atom stereocenters. The topological polar surface area (TPSA) is 110 Å². The van der Waals surface area contributed by atoms with Crippen molar-refractivity contribution in [3.05, 3.63) is 0 Å². The highest BCUT2D eigenvalue weighted by Gasteiger charge is 2.25. The highest BCUT2D eigenvalue weighted by molar-refractivity contribution is 7.89. The van der Waals surface area contributed by atoms with Crippen molar-refractivity contribution < 1.29 is 23.1 Å². The number of sulfonamides is 1. The molecule has 1 rings (SSSR count). The van der Waals surface area contributed by atoms with Crippen LogP contribution in [0.5, 0.6) is 0 Å². The maximum Gasteiger partial charge on any atom is 0.320 e. The Labute approximate surface area is 94.2 Å². The van der Waals surface area contributed by atoms with Gasteiger partial charge in [0.25, 0.3) is 0 Å². The van der Waals surface area contributed by atoms with Crippen LogP contribution in [0.1, 0.15) is 6.42 Å². The summed E-state index contributed by atoms with van der Waals surface area (Å²) in [7, 11) is -3.40. The highest BCUT2D eigenvalue weighted by atomic mass is 32.2. The summed E-state index contributed by atoms with van der Waals surface area (Å²) >= 11 is 0. The molecule has 1 saturated heterocycles. The van der Waals surface area contributed by atoms with E-state index < -0.39 is 22.0 Å². The molecule has 0 unspecified atom stereocenters. The Morgan fingerprint density at radius 1 is 1.44 bits per heavy atom. The van der Waals surface area contributed by atoms with Gasteiger partial charge in [-0.15, -0.1) is 0 Å². The summed E-state index contributed by atoms with van der Waals surface area (Å²) in [4.78, 5) is 10.4. The van der Waals surface area contributed by atoms with E-state index in [1.165, 1.54) is 4.31 Å². The molecule has 0 spiro atoms. The first-order valence-corrected chi connectivity index (χ1v) is 6.58. The number of nitrogens with two attached hydrogens (primary N) is 1. The summed E-state index contributed by atoms with van der Waals surface area (Å²) in [5.74, 6) is -1.42. The molecule has 1 fully saturated rings. The maximum absolute atomic E-state index is 11.7. The van der Waals surface area contributed by atoms with Crippen LogP contribution < -0.4 is 5.73 Å². The molecule has 1 aliphatic heterocycles. The van der Waals surface area contributed by atoms with Crippen molar-refractivity contribution in [2.24, 2.45) is 5.73 Å². The van der Waals surface area contributed by atoms with Gasteiger partial charge in [0.1, 0.15) is 6.04 Å². The SMILES string of the molecule is N[C@@H](CCS(=O)(=O)N1CCOCC1)C(=O)O. The third-order valence-corrected chi connectivity index (χ3v) is 4.27. The standard InChI is InChI=1S/C8H16N2O5S/c9-7(8(11)12)1-6-16(13,14)10-2-4-15-5-3-10/h7H,1-6,9H2,(H,11,12)/t7-/m0/s1. The first-order chi connectivity index (χ1) is 7.43. The predicted molar refractivity (Wildman–Crippen MR) is 56.4 cm³/mol. The van der Waals surface area contributed by atoms with E-state index in [2.05, 4.69) is 0 Å². The molecule has 8 heteroatoms. The first kappa shape index (κ1) is 13.4. The Morgan fingerprint density at radius 2 is 2.00 bits per heavy atom. The predicted octanol–water partition coefficient (Wildman–Crippen LogP) is -1.55. The molecule has 94 valence electrons. The molecule has 0 amide bonds. The van der Waals surface area contributed by atoms with E-state index >= 15 is 0 Å². The number of ether oxygens (including phenoxy) is 1. The van der Waals surface area contributed by atoms with E-state index in [0.717, 1.165) is 0 Å². The number of hydrogen-bond acceptors (Lipinski definition) is 5. The second kappa shape index (κ2) is 5.58. The van der Waals surface area contributed by atoms with Crippen LogP contribution in [0.2, 0.25) is 0 Å². The van der Waals surface area contributed by atoms with E-state index in [9.17, 15) is 13.2 Å². The van der Waals surface area contributed by atoms with E-state index in [-0.39, 0.29) is 12.2 Å². The molecule has 7 nitrogen and oxygen atoms in total. The van der Waals surface area contributed by atoms with E-state index in [1.54, 1.807) is 0 Å². The summed E-state index contributed by atoms with van der Waals surface area (Å²) in [5.41, 5.74) is 5.25. The molecule has 0 bridgehead atoms. The van der Waals surface area contributed by atoms with Crippen LogP contribution >= 0.6 is 0 Å². The number of nitrogens with zero attached hydrogens (tertiary/aromatic N) is 1. The fourth-order valence-corrected chi connectivity index (χ4v) is 2.87. The van der Waals surface area contributed by atoms with Gasteiger partial charge < -0.3 is 15.6 Å². The Morgan fingerprint density at radius 3 is 2.50 bits per heavy atom. The van der Waals surface area contributed by atoms with Gasteiger partial charge in [-0.05, 0) is 6.42 Å². The van der Waals surface area contributed by atoms with Crippen molar-refractivity contribution in [2.45, 2.75) is 12.5 Å². The minimum atomic E-state index is -3.40. The average molecular weight is 252 g/mol. The third-order valence-electron chi connectivity index (χ3n) is 2.37. The number of carboxylic acids is 1. The Balaban J connectivity index is 2.47. The zero-order valence-electron chi connectivity index (χ0n) is 8.83. The van der Waals surface area contributed by atoms with Gasteiger partial charge in [-0.25, -0.2) is 8.42 Å². The zero-order valence-corrected chi connectivity index (χ0v) is 9.65. The fourth-order valence-electron chi connectivity index (χ4n) is 1.35. The lowest BCUT2D eigenvalue weighted by Gasteiger charge is -2.26. The van der Waals surface area contributed by atoms with Crippen LogP contribution in [0.15, 0.2) is 0 Å². The quantitative estimate of drug-likeness (QED) is 0.613. The summed E-state index contributed by atoms with van der Waals surface area (Å²) in [6.45, 7) is 1.41.